The van der Waals surface area contributed by atoms with E-state index in [2.05, 4.69) is 0 Å². The summed E-state index contributed by atoms with van der Waals surface area (Å²) >= 11 is 45.9. The number of nitrogens with zero attached hydrogens (tertiary/aromatic N) is 2. The molecule has 48 heavy (non-hydrogen) atoms. The Morgan fingerprint density at radius 2 is 1.33 bits per heavy atom. The van der Waals surface area contributed by atoms with E-state index in [1.807, 2.05) is 0 Å². The molecular formula is C31H19Cl7N2O7S. The molecule has 2 fully saturated rings. The molecule has 17 heteroatoms. The zero-order valence-electron chi connectivity index (χ0n) is 24.1. The minimum Gasteiger partial charge on any atom is -0.379 e. The van der Waals surface area contributed by atoms with Crippen LogP contribution in [0.3, 0.4) is 0 Å². The average molecular weight is 812 g/mol. The van der Waals surface area contributed by atoms with E-state index in [0.29, 0.717) is 10.0 Å². The van der Waals surface area contributed by atoms with Crippen molar-refractivity contribution in [1.82, 2.24) is 10.0 Å². The Balaban J connectivity index is 1.32. The Morgan fingerprint density at radius 3 is 1.85 bits per heavy atom. The van der Waals surface area contributed by atoms with Gasteiger partial charge in [0.2, 0.25) is 0 Å². The second kappa shape index (κ2) is 12.1. The number of amides is 3. The third-order valence-electron chi connectivity index (χ3n) is 8.45. The Bertz CT molecular complexity index is 2010. The molecule has 0 radical (unpaired) electrons. The summed E-state index contributed by atoms with van der Waals surface area (Å²) in [6.07, 6.45) is 0. The van der Waals surface area contributed by atoms with Crippen molar-refractivity contribution in [3.63, 3.8) is 0 Å². The molecule has 0 unspecified atom stereocenters. The first kappa shape index (κ1) is 35.3. The number of halogens is 7. The number of ketones is 1. The summed E-state index contributed by atoms with van der Waals surface area (Å²) in [7, 11) is -4.18. The second-order valence-electron chi connectivity index (χ2n) is 11.2. The number of hydrogen-bond acceptors (Lipinski definition) is 7. The van der Waals surface area contributed by atoms with Crippen LogP contribution in [0.5, 0.6) is 5.75 Å². The van der Waals surface area contributed by atoms with Gasteiger partial charge in [0.25, 0.3) is 17.7 Å². The molecule has 250 valence electrons. The topological polar surface area (TPSA) is 118 Å². The van der Waals surface area contributed by atoms with E-state index in [1.165, 1.54) is 54.6 Å². The van der Waals surface area contributed by atoms with Crippen LogP contribution in [0.2, 0.25) is 5.02 Å². The molecule has 0 aromatic heterocycles. The van der Waals surface area contributed by atoms with Crippen molar-refractivity contribution in [3.05, 3.63) is 105 Å². The molecule has 4 atom stereocenters. The highest BCUT2D eigenvalue weighted by molar-refractivity contribution is 7.87. The normalized spacial score (nSPS) is 25.8. The van der Waals surface area contributed by atoms with Crippen LogP contribution in [0.25, 0.3) is 0 Å². The molecule has 3 amide bonds. The number of aryl methyl sites for hydroxylation is 1. The SMILES string of the molecule is Cc1ccc(S(=O)(=O)Oc2ccc(C(=O)CN(C(=O)c3ccccc3Cl)N3C(=O)[C@@H]4[C@H](C3=O)[C@@]3(Cl)C(Cl)=C(Cl)[C@@]4(Cl)C3(Cl)Cl)cc2)cc1. The first-order valence-electron chi connectivity index (χ1n) is 13.8. The van der Waals surface area contributed by atoms with Gasteiger partial charge in [-0.2, -0.15) is 13.4 Å². The van der Waals surface area contributed by atoms with Gasteiger partial charge >= 0.3 is 10.1 Å². The van der Waals surface area contributed by atoms with Gasteiger partial charge in [0.05, 0.1) is 32.5 Å². The van der Waals surface area contributed by atoms with Crippen molar-refractivity contribution >= 4 is 115 Å². The fraction of sp³-hybridized carbons (Fsp3) is 0.226. The Labute approximate surface area is 309 Å². The first-order valence-corrected chi connectivity index (χ1v) is 17.9. The van der Waals surface area contributed by atoms with Crippen LogP contribution >= 0.6 is 81.2 Å². The van der Waals surface area contributed by atoms with Gasteiger partial charge in [0.1, 0.15) is 26.9 Å². The summed E-state index contributed by atoms with van der Waals surface area (Å²) in [6.45, 7) is 0.936. The molecule has 1 saturated carbocycles. The van der Waals surface area contributed by atoms with Crippen LogP contribution in [0.15, 0.2) is 87.8 Å². The van der Waals surface area contributed by atoms with Gasteiger partial charge in [-0.05, 0) is 55.5 Å². The summed E-state index contributed by atoms with van der Waals surface area (Å²) in [5.74, 6) is -7.12. The van der Waals surface area contributed by atoms with Gasteiger partial charge in [-0.1, -0.05) is 87.8 Å². The van der Waals surface area contributed by atoms with Crippen LogP contribution in [-0.4, -0.2) is 62.6 Å². The van der Waals surface area contributed by atoms with Gasteiger partial charge < -0.3 is 4.18 Å². The van der Waals surface area contributed by atoms with Crippen molar-refractivity contribution in [3.8, 4) is 5.75 Å². The van der Waals surface area contributed by atoms with E-state index in [4.69, 9.17) is 85.4 Å². The third-order valence-corrected chi connectivity index (χ3v) is 14.3. The standard InChI is InChI=1S/C31H19Cl7N2O7S/c1-15-6-12-18(13-7-15)48(45,46)47-17-10-8-16(9-11-17)21(41)14-39(26(42)19-4-2-3-5-20(19)32)40-27(43)22-23(28(40)44)30(36)25(34)24(33)29(22,35)31(30,37)38/h2-13,22-23H,14H2,1H3/t22-,23+,29-,30-/m1/s1. The van der Waals surface area contributed by atoms with Crippen molar-refractivity contribution in [2.24, 2.45) is 11.8 Å². The molecule has 0 spiro atoms. The number of hydrogen-bond donors (Lipinski definition) is 0. The number of imide groups is 1. The van der Waals surface area contributed by atoms with Gasteiger partial charge in [-0.3, -0.25) is 19.2 Å². The Hall–Kier alpha value is -2.54. The molecule has 0 N–H and O–H groups in total. The van der Waals surface area contributed by atoms with E-state index >= 15 is 0 Å². The minimum absolute atomic E-state index is 0.0256. The fourth-order valence-electron chi connectivity index (χ4n) is 6.03. The molecule has 1 aliphatic heterocycles. The average Bonchev–Trinajstić information content (AvgIpc) is 3.42. The second-order valence-corrected chi connectivity index (χ2v) is 16.4. The maximum absolute atomic E-state index is 14.1. The van der Waals surface area contributed by atoms with Crippen molar-refractivity contribution in [1.29, 1.82) is 0 Å². The minimum atomic E-state index is -4.18. The lowest BCUT2D eigenvalue weighted by Crippen LogP contribution is -2.56. The summed E-state index contributed by atoms with van der Waals surface area (Å²) in [5.41, 5.74) is 0.686. The van der Waals surface area contributed by atoms with Crippen LogP contribution < -0.4 is 4.18 Å². The lowest BCUT2D eigenvalue weighted by Gasteiger charge is -2.36. The van der Waals surface area contributed by atoms with E-state index in [0.717, 1.165) is 5.56 Å². The van der Waals surface area contributed by atoms with E-state index in [9.17, 15) is 27.6 Å². The molecule has 3 aliphatic rings. The summed E-state index contributed by atoms with van der Waals surface area (Å²) in [5, 5.41) is 0.377. The number of allylic oxidation sites excluding steroid dienone is 2. The number of alkyl halides is 4. The molecule has 9 nitrogen and oxygen atoms in total. The van der Waals surface area contributed by atoms with Gasteiger partial charge in [-0.15, -0.1) is 23.2 Å². The lowest BCUT2D eigenvalue weighted by molar-refractivity contribution is -0.154. The number of carbonyl (C=O) groups is 4. The zero-order chi connectivity index (χ0) is 35.1. The van der Waals surface area contributed by atoms with Gasteiger partial charge in [0, 0.05) is 5.56 Å². The van der Waals surface area contributed by atoms with Crippen molar-refractivity contribution in [2.75, 3.05) is 6.54 Å². The smallest absolute Gasteiger partial charge is 0.339 e. The summed E-state index contributed by atoms with van der Waals surface area (Å²) in [6, 6.07) is 16.8. The number of benzene rings is 3. The largest absolute Gasteiger partial charge is 0.379 e. The maximum atomic E-state index is 14.1. The van der Waals surface area contributed by atoms with Crippen molar-refractivity contribution < 1.29 is 31.8 Å². The van der Waals surface area contributed by atoms with Crippen LogP contribution in [-0.2, 0) is 19.7 Å². The molecule has 3 aromatic carbocycles. The van der Waals surface area contributed by atoms with E-state index < -0.39 is 66.1 Å². The van der Waals surface area contributed by atoms with Crippen molar-refractivity contribution in [2.45, 2.75) is 25.9 Å². The summed E-state index contributed by atoms with van der Waals surface area (Å²) < 4.78 is 28.4. The highest BCUT2D eigenvalue weighted by Crippen LogP contribution is 2.77. The van der Waals surface area contributed by atoms with Crippen LogP contribution in [0.1, 0.15) is 26.3 Å². The molecule has 3 aromatic rings. The summed E-state index contributed by atoms with van der Waals surface area (Å²) in [4.78, 5) is 51.4. The zero-order valence-corrected chi connectivity index (χ0v) is 30.2. The predicted molar refractivity (Wildman–Crippen MR) is 181 cm³/mol. The Morgan fingerprint density at radius 1 is 0.812 bits per heavy atom. The molecule has 2 bridgehead atoms. The number of rotatable bonds is 8. The predicted octanol–water partition coefficient (Wildman–Crippen LogP) is 7.10. The third kappa shape index (κ3) is 4.98. The number of hydrazine groups is 1. The van der Waals surface area contributed by atoms with E-state index in [1.54, 1.807) is 25.1 Å². The van der Waals surface area contributed by atoms with E-state index in [-0.39, 0.29) is 36.9 Å². The Kier molecular flexibility index (Phi) is 8.86. The highest BCUT2D eigenvalue weighted by atomic mass is 35.5. The van der Waals surface area contributed by atoms with Gasteiger partial charge in [-0.25, -0.2) is 5.01 Å². The van der Waals surface area contributed by atoms with Gasteiger partial charge in [0.15, 0.2) is 10.1 Å². The number of Topliss-reactive ketones (excluding diaryl/α,β-unsaturated/α-hetero) is 1. The lowest BCUT2D eigenvalue weighted by atomic mass is 9.84. The number of carbonyl (C=O) groups excluding carboxylic acids is 4. The monoisotopic (exact) mass is 808 g/mol. The quantitative estimate of drug-likeness (QED) is 0.103. The molecule has 2 aliphatic carbocycles. The molecule has 1 saturated heterocycles. The molecule has 1 heterocycles. The molecular weight excluding hydrogens is 793 g/mol. The highest BCUT2D eigenvalue weighted by Gasteiger charge is 2.88. The maximum Gasteiger partial charge on any atom is 0.339 e. The fourth-order valence-corrected chi connectivity index (χ4v) is 10.1. The molecule has 6 rings (SSSR count). The first-order chi connectivity index (χ1) is 22.4. The number of fused-ring (bicyclic) bond motifs is 5. The van der Waals surface area contributed by atoms with Crippen LogP contribution in [0.4, 0.5) is 0 Å². The van der Waals surface area contributed by atoms with Crippen LogP contribution in [0, 0.1) is 18.8 Å².